The molecule has 2 aliphatic rings. The normalized spacial score (nSPS) is 35.2. The van der Waals surface area contributed by atoms with Gasteiger partial charge in [0.25, 0.3) is 0 Å². The zero-order valence-electron chi connectivity index (χ0n) is 8.24. The van der Waals surface area contributed by atoms with Gasteiger partial charge in [-0.1, -0.05) is 12.2 Å². The van der Waals surface area contributed by atoms with Gasteiger partial charge in [-0.2, -0.15) is 0 Å². The third-order valence-electron chi connectivity index (χ3n) is 3.21. The molecule has 2 nitrogen and oxygen atoms in total. The van der Waals surface area contributed by atoms with Crippen molar-refractivity contribution >= 4 is 0 Å². The molecule has 0 amide bonds. The average molecular weight is 181 g/mol. The molecule has 2 rings (SSSR count). The highest BCUT2D eigenvalue weighted by Gasteiger charge is 2.30. The minimum atomic E-state index is 0.298. The lowest BCUT2D eigenvalue weighted by Gasteiger charge is -2.18. The third-order valence-corrected chi connectivity index (χ3v) is 3.21. The second kappa shape index (κ2) is 3.81. The van der Waals surface area contributed by atoms with Crippen molar-refractivity contribution in [3.8, 4) is 0 Å². The Morgan fingerprint density at radius 1 is 1.46 bits per heavy atom. The molecule has 0 aliphatic heterocycles. The van der Waals surface area contributed by atoms with Crippen LogP contribution < -0.4 is 5.32 Å². The van der Waals surface area contributed by atoms with Crippen molar-refractivity contribution in [3.63, 3.8) is 0 Å². The lowest BCUT2D eigenvalue weighted by Crippen LogP contribution is -2.36. The highest BCUT2D eigenvalue weighted by molar-refractivity contribution is 5.06. The SMILES string of the molecule is CC(N[C@@H]1C=C[C@H](CO)C1)C1CC1. The molecular weight excluding hydrogens is 162 g/mol. The van der Waals surface area contributed by atoms with E-state index in [0.717, 1.165) is 12.3 Å². The average Bonchev–Trinajstić information content (AvgIpc) is 2.88. The van der Waals surface area contributed by atoms with E-state index in [1.807, 2.05) is 0 Å². The van der Waals surface area contributed by atoms with Gasteiger partial charge in [-0.05, 0) is 32.1 Å². The molecule has 0 saturated heterocycles. The first-order chi connectivity index (χ1) is 6.29. The maximum atomic E-state index is 8.96. The zero-order valence-corrected chi connectivity index (χ0v) is 8.24. The fourth-order valence-electron chi connectivity index (χ4n) is 2.10. The molecule has 2 aliphatic carbocycles. The summed E-state index contributed by atoms with van der Waals surface area (Å²) in [5, 5.41) is 12.6. The smallest absolute Gasteiger partial charge is 0.0494 e. The van der Waals surface area contributed by atoms with Crippen LogP contribution in [0.3, 0.4) is 0 Å². The van der Waals surface area contributed by atoms with Crippen LogP contribution in [0.4, 0.5) is 0 Å². The van der Waals surface area contributed by atoms with Crippen molar-refractivity contribution in [2.75, 3.05) is 6.61 Å². The van der Waals surface area contributed by atoms with Gasteiger partial charge in [-0.25, -0.2) is 0 Å². The van der Waals surface area contributed by atoms with E-state index in [0.29, 0.717) is 24.6 Å². The Balaban J connectivity index is 1.74. The molecule has 2 N–H and O–H groups in total. The highest BCUT2D eigenvalue weighted by atomic mass is 16.3. The molecule has 3 atom stereocenters. The van der Waals surface area contributed by atoms with Crippen molar-refractivity contribution < 1.29 is 5.11 Å². The van der Waals surface area contributed by atoms with Crippen molar-refractivity contribution in [3.05, 3.63) is 12.2 Å². The molecule has 0 aromatic rings. The lowest BCUT2D eigenvalue weighted by molar-refractivity contribution is 0.244. The summed E-state index contributed by atoms with van der Waals surface area (Å²) in [6.07, 6.45) is 8.21. The molecule has 0 radical (unpaired) electrons. The number of rotatable bonds is 4. The first-order valence-electron chi connectivity index (χ1n) is 5.35. The molecule has 13 heavy (non-hydrogen) atoms. The maximum absolute atomic E-state index is 8.96. The van der Waals surface area contributed by atoms with Gasteiger partial charge in [0.15, 0.2) is 0 Å². The lowest BCUT2D eigenvalue weighted by atomic mass is 10.1. The van der Waals surface area contributed by atoms with Crippen LogP contribution in [0.15, 0.2) is 12.2 Å². The van der Waals surface area contributed by atoms with Crippen LogP contribution in [0.25, 0.3) is 0 Å². The van der Waals surface area contributed by atoms with Gasteiger partial charge in [0.1, 0.15) is 0 Å². The van der Waals surface area contributed by atoms with Crippen LogP contribution in [0, 0.1) is 11.8 Å². The molecular formula is C11H19NO. The van der Waals surface area contributed by atoms with Crippen LogP contribution in [0.2, 0.25) is 0 Å². The van der Waals surface area contributed by atoms with Crippen molar-refractivity contribution in [1.82, 2.24) is 5.32 Å². The topological polar surface area (TPSA) is 32.3 Å². The second-order valence-corrected chi connectivity index (χ2v) is 4.46. The van der Waals surface area contributed by atoms with Gasteiger partial charge < -0.3 is 10.4 Å². The predicted octanol–water partition coefficient (Wildman–Crippen LogP) is 1.31. The van der Waals surface area contributed by atoms with Crippen LogP contribution in [-0.2, 0) is 0 Å². The summed E-state index contributed by atoms with van der Waals surface area (Å²) in [5.74, 6) is 1.31. The molecule has 1 fully saturated rings. The minimum absolute atomic E-state index is 0.298. The Morgan fingerprint density at radius 3 is 2.77 bits per heavy atom. The van der Waals surface area contributed by atoms with E-state index >= 15 is 0 Å². The Labute approximate surface area is 80.0 Å². The summed E-state index contributed by atoms with van der Waals surface area (Å²) < 4.78 is 0. The van der Waals surface area contributed by atoms with Crippen molar-refractivity contribution in [2.45, 2.75) is 38.3 Å². The largest absolute Gasteiger partial charge is 0.396 e. The summed E-state index contributed by atoms with van der Waals surface area (Å²) in [5.41, 5.74) is 0. The Bertz CT molecular complexity index is 198. The van der Waals surface area contributed by atoms with Crippen molar-refractivity contribution in [1.29, 1.82) is 0 Å². The number of aliphatic hydroxyl groups excluding tert-OH is 1. The summed E-state index contributed by atoms with van der Waals surface area (Å²) >= 11 is 0. The van der Waals surface area contributed by atoms with Crippen LogP contribution >= 0.6 is 0 Å². The summed E-state index contributed by atoms with van der Waals surface area (Å²) in [4.78, 5) is 0. The van der Waals surface area contributed by atoms with Gasteiger partial charge in [-0.3, -0.25) is 0 Å². The number of nitrogens with one attached hydrogen (secondary N) is 1. The van der Waals surface area contributed by atoms with Gasteiger partial charge >= 0.3 is 0 Å². The fraction of sp³-hybridized carbons (Fsp3) is 0.818. The van der Waals surface area contributed by atoms with Crippen LogP contribution in [0.1, 0.15) is 26.2 Å². The monoisotopic (exact) mass is 181 g/mol. The van der Waals surface area contributed by atoms with E-state index in [1.54, 1.807) is 0 Å². The van der Waals surface area contributed by atoms with E-state index in [2.05, 4.69) is 24.4 Å². The van der Waals surface area contributed by atoms with Crippen LogP contribution in [0.5, 0.6) is 0 Å². The van der Waals surface area contributed by atoms with Crippen molar-refractivity contribution in [2.24, 2.45) is 11.8 Å². The summed E-state index contributed by atoms with van der Waals surface area (Å²) in [6.45, 7) is 2.57. The molecule has 2 heteroatoms. The second-order valence-electron chi connectivity index (χ2n) is 4.46. The first-order valence-corrected chi connectivity index (χ1v) is 5.35. The molecule has 0 aromatic heterocycles. The standard InChI is InChI=1S/C11H19NO/c1-8(10-3-4-10)12-11-5-2-9(6-11)7-13/h2,5,8-13H,3-4,6-7H2,1H3/t8?,9-,11+/m0/s1. The highest BCUT2D eigenvalue weighted by Crippen LogP contribution is 2.33. The van der Waals surface area contributed by atoms with Gasteiger partial charge in [0, 0.05) is 24.6 Å². The molecule has 0 heterocycles. The molecule has 0 aromatic carbocycles. The number of hydrogen-bond acceptors (Lipinski definition) is 2. The minimum Gasteiger partial charge on any atom is -0.396 e. The number of aliphatic hydroxyl groups is 1. The predicted molar refractivity (Wildman–Crippen MR) is 53.4 cm³/mol. The summed E-state index contributed by atoms with van der Waals surface area (Å²) in [7, 11) is 0. The van der Waals surface area contributed by atoms with E-state index < -0.39 is 0 Å². The Hall–Kier alpha value is -0.340. The molecule has 1 saturated carbocycles. The van der Waals surface area contributed by atoms with E-state index in [9.17, 15) is 0 Å². The zero-order chi connectivity index (χ0) is 9.26. The summed E-state index contributed by atoms with van der Waals surface area (Å²) in [6, 6.07) is 1.17. The van der Waals surface area contributed by atoms with E-state index in [1.165, 1.54) is 12.8 Å². The van der Waals surface area contributed by atoms with Gasteiger partial charge in [-0.15, -0.1) is 0 Å². The molecule has 0 bridgehead atoms. The molecule has 0 spiro atoms. The van der Waals surface area contributed by atoms with Gasteiger partial charge in [0.2, 0.25) is 0 Å². The third kappa shape index (κ3) is 2.32. The quantitative estimate of drug-likeness (QED) is 0.641. The molecule has 74 valence electrons. The maximum Gasteiger partial charge on any atom is 0.0494 e. The Morgan fingerprint density at radius 2 is 2.23 bits per heavy atom. The van der Waals surface area contributed by atoms with Gasteiger partial charge in [0.05, 0.1) is 0 Å². The Kier molecular flexibility index (Phi) is 2.70. The first kappa shape index (κ1) is 9.22. The fourth-order valence-corrected chi connectivity index (χ4v) is 2.10. The van der Waals surface area contributed by atoms with E-state index in [-0.39, 0.29) is 0 Å². The number of hydrogen-bond donors (Lipinski definition) is 2. The van der Waals surface area contributed by atoms with E-state index in [4.69, 9.17) is 5.11 Å². The van der Waals surface area contributed by atoms with Crippen LogP contribution in [-0.4, -0.2) is 23.8 Å². The molecule has 1 unspecified atom stereocenters.